The third kappa shape index (κ3) is 2.62. The standard InChI is InChI=1S/C15H17N3O3S/c1-8-7-16-15(20-8)21-13-5-4-12(22-13)14(19)18-11-6-9-2-3-10(11)17-9/h4-5,7,9-11,17H,2-3,6H2,1H3,(H,18,19). The zero-order valence-electron chi connectivity index (χ0n) is 12.2. The van der Waals surface area contributed by atoms with E-state index in [2.05, 4.69) is 15.6 Å². The van der Waals surface area contributed by atoms with Crippen molar-refractivity contribution in [3.8, 4) is 11.1 Å². The maximum absolute atomic E-state index is 12.3. The molecule has 22 heavy (non-hydrogen) atoms. The van der Waals surface area contributed by atoms with Gasteiger partial charge in [0.2, 0.25) is 0 Å². The van der Waals surface area contributed by atoms with E-state index in [1.165, 1.54) is 17.8 Å². The molecule has 1 amide bonds. The second kappa shape index (κ2) is 5.40. The van der Waals surface area contributed by atoms with E-state index in [1.807, 2.05) is 0 Å². The number of thiophene rings is 1. The molecular formula is C15H17N3O3S. The van der Waals surface area contributed by atoms with E-state index in [9.17, 15) is 4.79 Å². The molecule has 2 aliphatic heterocycles. The normalized spacial score (nSPS) is 26.3. The van der Waals surface area contributed by atoms with Crippen molar-refractivity contribution in [1.29, 1.82) is 0 Å². The molecule has 6 nitrogen and oxygen atoms in total. The first-order valence-corrected chi connectivity index (χ1v) is 8.26. The number of aromatic nitrogens is 1. The highest BCUT2D eigenvalue weighted by atomic mass is 32.1. The summed E-state index contributed by atoms with van der Waals surface area (Å²) in [6, 6.07) is 4.78. The van der Waals surface area contributed by atoms with Gasteiger partial charge in [-0.3, -0.25) is 4.79 Å². The summed E-state index contributed by atoms with van der Waals surface area (Å²) < 4.78 is 10.8. The van der Waals surface area contributed by atoms with Gasteiger partial charge in [0.15, 0.2) is 5.06 Å². The van der Waals surface area contributed by atoms with Crippen molar-refractivity contribution >= 4 is 17.2 Å². The Labute approximate surface area is 131 Å². The highest BCUT2D eigenvalue weighted by Gasteiger charge is 2.39. The first kappa shape index (κ1) is 13.8. The Hall–Kier alpha value is -1.86. The van der Waals surface area contributed by atoms with Crippen molar-refractivity contribution in [2.75, 3.05) is 0 Å². The molecule has 0 aromatic carbocycles. The fourth-order valence-corrected chi connectivity index (χ4v) is 3.94. The van der Waals surface area contributed by atoms with E-state index < -0.39 is 0 Å². The van der Waals surface area contributed by atoms with E-state index >= 15 is 0 Å². The summed E-state index contributed by atoms with van der Waals surface area (Å²) >= 11 is 1.29. The number of carbonyl (C=O) groups is 1. The molecule has 7 heteroatoms. The maximum atomic E-state index is 12.3. The van der Waals surface area contributed by atoms with Gasteiger partial charge in [-0.05, 0) is 38.3 Å². The summed E-state index contributed by atoms with van der Waals surface area (Å²) in [5.74, 6) is 0.649. The Bertz CT molecular complexity index is 696. The predicted molar refractivity (Wildman–Crippen MR) is 81.4 cm³/mol. The third-order valence-corrected chi connectivity index (χ3v) is 5.17. The number of ether oxygens (including phenoxy) is 1. The van der Waals surface area contributed by atoms with Crippen molar-refractivity contribution in [3.63, 3.8) is 0 Å². The lowest BCUT2D eigenvalue weighted by Crippen LogP contribution is -2.42. The first-order valence-electron chi connectivity index (χ1n) is 7.44. The van der Waals surface area contributed by atoms with Crippen molar-refractivity contribution in [3.05, 3.63) is 29.0 Å². The lowest BCUT2D eigenvalue weighted by molar-refractivity contribution is 0.0935. The van der Waals surface area contributed by atoms with Crippen LogP contribution in [0.4, 0.5) is 0 Å². The lowest BCUT2D eigenvalue weighted by Gasteiger charge is -2.20. The fourth-order valence-electron chi connectivity index (χ4n) is 3.19. The third-order valence-electron chi connectivity index (χ3n) is 4.21. The lowest BCUT2D eigenvalue weighted by atomic mass is 9.95. The Morgan fingerprint density at radius 3 is 3.09 bits per heavy atom. The molecule has 2 N–H and O–H groups in total. The molecule has 2 aliphatic rings. The zero-order chi connectivity index (χ0) is 15.1. The van der Waals surface area contributed by atoms with Crippen molar-refractivity contribution in [1.82, 2.24) is 15.6 Å². The van der Waals surface area contributed by atoms with Crippen molar-refractivity contribution < 1.29 is 13.9 Å². The minimum atomic E-state index is -0.0391. The number of fused-ring (bicyclic) bond motifs is 2. The molecule has 116 valence electrons. The van der Waals surface area contributed by atoms with Gasteiger partial charge in [-0.15, -0.1) is 0 Å². The van der Waals surface area contributed by atoms with Crippen LogP contribution in [0.3, 0.4) is 0 Å². The first-order chi connectivity index (χ1) is 10.7. The Morgan fingerprint density at radius 1 is 1.50 bits per heavy atom. The molecular weight excluding hydrogens is 302 g/mol. The highest BCUT2D eigenvalue weighted by Crippen LogP contribution is 2.31. The average molecular weight is 319 g/mol. The molecule has 4 rings (SSSR count). The number of rotatable bonds is 4. The van der Waals surface area contributed by atoms with E-state index in [4.69, 9.17) is 9.15 Å². The van der Waals surface area contributed by atoms with E-state index in [1.54, 1.807) is 25.3 Å². The van der Waals surface area contributed by atoms with E-state index in [-0.39, 0.29) is 18.0 Å². The highest BCUT2D eigenvalue weighted by molar-refractivity contribution is 7.15. The van der Waals surface area contributed by atoms with Crippen LogP contribution in [0.5, 0.6) is 11.1 Å². The van der Waals surface area contributed by atoms with Gasteiger partial charge in [0.25, 0.3) is 5.91 Å². The number of amides is 1. The minimum absolute atomic E-state index is 0.0391. The summed E-state index contributed by atoms with van der Waals surface area (Å²) in [7, 11) is 0. The predicted octanol–water partition coefficient (Wildman–Crippen LogP) is 2.46. The van der Waals surface area contributed by atoms with Crippen LogP contribution in [0.15, 0.2) is 22.7 Å². The second-order valence-corrected chi connectivity index (χ2v) is 6.87. The SMILES string of the molecule is Cc1cnc(Oc2ccc(C(=O)NC3CC4CCC3N4)s2)o1. The molecule has 2 aromatic rings. The molecule has 4 heterocycles. The fraction of sp³-hybridized carbons (Fsp3) is 0.467. The van der Waals surface area contributed by atoms with Gasteiger partial charge < -0.3 is 19.8 Å². The molecule has 2 fully saturated rings. The van der Waals surface area contributed by atoms with Crippen LogP contribution in [0.2, 0.25) is 0 Å². The summed E-state index contributed by atoms with van der Waals surface area (Å²) in [6.07, 6.45) is 5.20. The molecule has 0 aliphatic carbocycles. The minimum Gasteiger partial charge on any atom is -0.414 e. The van der Waals surface area contributed by atoms with Crippen LogP contribution in [0.25, 0.3) is 0 Å². The average Bonchev–Trinajstić information content (AvgIpc) is 3.24. The van der Waals surface area contributed by atoms with Gasteiger partial charge >= 0.3 is 6.08 Å². The smallest absolute Gasteiger partial charge is 0.400 e. The molecule has 3 unspecified atom stereocenters. The van der Waals surface area contributed by atoms with Crippen LogP contribution < -0.4 is 15.4 Å². The van der Waals surface area contributed by atoms with Gasteiger partial charge in [0, 0.05) is 18.1 Å². The van der Waals surface area contributed by atoms with Crippen LogP contribution >= 0.6 is 11.3 Å². The molecule has 2 aromatic heterocycles. The summed E-state index contributed by atoms with van der Waals surface area (Å²) in [4.78, 5) is 16.9. The van der Waals surface area contributed by atoms with E-state index in [0.29, 0.717) is 27.8 Å². The van der Waals surface area contributed by atoms with Gasteiger partial charge in [0.05, 0.1) is 11.1 Å². The summed E-state index contributed by atoms with van der Waals surface area (Å²) in [5, 5.41) is 7.24. The Balaban J connectivity index is 1.39. The second-order valence-electron chi connectivity index (χ2n) is 5.82. The monoisotopic (exact) mass is 319 g/mol. The molecule has 2 bridgehead atoms. The number of nitrogens with one attached hydrogen (secondary N) is 2. The quantitative estimate of drug-likeness (QED) is 0.905. The van der Waals surface area contributed by atoms with Crippen LogP contribution in [0.1, 0.15) is 34.7 Å². The van der Waals surface area contributed by atoms with E-state index in [0.717, 1.165) is 12.8 Å². The number of oxazole rings is 1. The molecule has 3 atom stereocenters. The maximum Gasteiger partial charge on any atom is 0.400 e. The molecule has 0 spiro atoms. The largest absolute Gasteiger partial charge is 0.414 e. The number of carbonyl (C=O) groups excluding carboxylic acids is 1. The number of hydrogen-bond acceptors (Lipinski definition) is 6. The number of nitrogens with zero attached hydrogens (tertiary/aromatic N) is 1. The van der Waals surface area contributed by atoms with Gasteiger partial charge in [0.1, 0.15) is 5.76 Å². The van der Waals surface area contributed by atoms with Crippen molar-refractivity contribution in [2.24, 2.45) is 0 Å². The van der Waals surface area contributed by atoms with Gasteiger partial charge in [-0.1, -0.05) is 11.3 Å². The van der Waals surface area contributed by atoms with Crippen LogP contribution in [-0.4, -0.2) is 29.0 Å². The summed E-state index contributed by atoms with van der Waals surface area (Å²) in [6.45, 7) is 1.80. The zero-order valence-corrected chi connectivity index (χ0v) is 13.0. The Kier molecular flexibility index (Phi) is 3.38. The number of hydrogen-bond donors (Lipinski definition) is 2. The topological polar surface area (TPSA) is 76.4 Å². The number of aryl methyl sites for hydroxylation is 1. The van der Waals surface area contributed by atoms with Gasteiger partial charge in [-0.25, -0.2) is 0 Å². The molecule has 0 saturated carbocycles. The molecule has 0 radical (unpaired) electrons. The van der Waals surface area contributed by atoms with Crippen molar-refractivity contribution in [2.45, 2.75) is 44.3 Å². The van der Waals surface area contributed by atoms with Gasteiger partial charge in [-0.2, -0.15) is 4.98 Å². The summed E-state index contributed by atoms with van der Waals surface area (Å²) in [5.41, 5.74) is 0. The molecule has 2 saturated heterocycles. The van der Waals surface area contributed by atoms with Crippen LogP contribution in [0, 0.1) is 6.92 Å². The van der Waals surface area contributed by atoms with Crippen LogP contribution in [-0.2, 0) is 0 Å². The Morgan fingerprint density at radius 2 is 2.41 bits per heavy atom.